The second kappa shape index (κ2) is 6.39. The predicted molar refractivity (Wildman–Crippen MR) is 77.4 cm³/mol. The smallest absolute Gasteiger partial charge is 0.322 e. The molecule has 1 aliphatic heterocycles. The number of nitrogens with zero attached hydrogens (tertiary/aromatic N) is 1. The van der Waals surface area contributed by atoms with Crippen molar-refractivity contribution in [2.45, 2.75) is 32.2 Å². The summed E-state index contributed by atoms with van der Waals surface area (Å²) in [7, 11) is 0. The molecule has 1 atom stereocenters. The van der Waals surface area contributed by atoms with E-state index >= 15 is 0 Å². The molecular formula is C15H18N2O4. The van der Waals surface area contributed by atoms with E-state index in [1.54, 1.807) is 29.2 Å². The summed E-state index contributed by atoms with van der Waals surface area (Å²) in [4.78, 5) is 35.9. The van der Waals surface area contributed by atoms with Crippen molar-refractivity contribution in [1.82, 2.24) is 4.90 Å². The Hall–Kier alpha value is -2.37. The van der Waals surface area contributed by atoms with Gasteiger partial charge in [-0.05, 0) is 31.9 Å². The maximum atomic E-state index is 12.2. The number of aliphatic carboxylic acids is 1. The molecule has 1 saturated heterocycles. The van der Waals surface area contributed by atoms with Crippen LogP contribution in [0.5, 0.6) is 0 Å². The van der Waals surface area contributed by atoms with Gasteiger partial charge in [-0.1, -0.05) is 12.1 Å². The van der Waals surface area contributed by atoms with E-state index in [4.69, 9.17) is 5.11 Å². The Bertz CT molecular complexity index is 571. The van der Waals surface area contributed by atoms with E-state index in [2.05, 4.69) is 5.32 Å². The van der Waals surface area contributed by atoms with E-state index < -0.39 is 5.97 Å². The van der Waals surface area contributed by atoms with Gasteiger partial charge in [0.2, 0.25) is 0 Å². The number of Topliss-reactive ketones (excluding diaryl/α,β-unsaturated/α-hetero) is 1. The molecule has 1 fully saturated rings. The van der Waals surface area contributed by atoms with Gasteiger partial charge in [0.15, 0.2) is 5.78 Å². The first-order valence-corrected chi connectivity index (χ1v) is 6.88. The highest BCUT2D eigenvalue weighted by Gasteiger charge is 2.30. The molecule has 0 spiro atoms. The number of carbonyl (C=O) groups is 3. The van der Waals surface area contributed by atoms with E-state index in [0.29, 0.717) is 24.2 Å². The van der Waals surface area contributed by atoms with Crippen LogP contribution in [0.3, 0.4) is 0 Å². The van der Waals surface area contributed by atoms with Crippen molar-refractivity contribution in [3.05, 3.63) is 29.8 Å². The lowest BCUT2D eigenvalue weighted by molar-refractivity contribution is -0.137. The molecule has 112 valence electrons. The second-order valence-electron chi connectivity index (χ2n) is 5.15. The summed E-state index contributed by atoms with van der Waals surface area (Å²) in [6, 6.07) is 6.11. The number of ketones is 1. The molecule has 6 heteroatoms. The van der Waals surface area contributed by atoms with Gasteiger partial charge in [0.05, 0.1) is 6.42 Å². The number of amides is 2. The van der Waals surface area contributed by atoms with Crippen LogP contribution in [0.25, 0.3) is 0 Å². The number of hydrogen-bond donors (Lipinski definition) is 2. The molecule has 0 saturated carbocycles. The summed E-state index contributed by atoms with van der Waals surface area (Å²) in [5.41, 5.74) is 1.06. The fraction of sp³-hybridized carbons (Fsp3) is 0.400. The van der Waals surface area contributed by atoms with Crippen LogP contribution in [-0.2, 0) is 4.79 Å². The molecule has 1 heterocycles. The number of anilines is 1. The third kappa shape index (κ3) is 3.81. The van der Waals surface area contributed by atoms with E-state index in [1.165, 1.54) is 6.92 Å². The summed E-state index contributed by atoms with van der Waals surface area (Å²) in [5, 5.41) is 11.6. The Labute approximate surface area is 122 Å². The lowest BCUT2D eigenvalue weighted by Crippen LogP contribution is -2.39. The summed E-state index contributed by atoms with van der Waals surface area (Å²) in [6.45, 7) is 2.01. The van der Waals surface area contributed by atoms with Crippen LogP contribution in [0, 0.1) is 0 Å². The third-order valence-electron chi connectivity index (χ3n) is 3.57. The van der Waals surface area contributed by atoms with Gasteiger partial charge in [-0.2, -0.15) is 0 Å². The molecule has 1 aliphatic rings. The molecule has 0 aliphatic carbocycles. The van der Waals surface area contributed by atoms with Crippen LogP contribution in [0.15, 0.2) is 24.3 Å². The van der Waals surface area contributed by atoms with Gasteiger partial charge >= 0.3 is 12.0 Å². The van der Waals surface area contributed by atoms with Gasteiger partial charge in [-0.15, -0.1) is 0 Å². The zero-order valence-electron chi connectivity index (χ0n) is 11.8. The lowest BCUT2D eigenvalue weighted by atomic mass is 10.1. The molecule has 2 rings (SSSR count). The van der Waals surface area contributed by atoms with Crippen molar-refractivity contribution in [3.8, 4) is 0 Å². The van der Waals surface area contributed by atoms with Crippen molar-refractivity contribution >= 4 is 23.5 Å². The van der Waals surface area contributed by atoms with Crippen LogP contribution in [-0.4, -0.2) is 40.4 Å². The summed E-state index contributed by atoms with van der Waals surface area (Å²) < 4.78 is 0. The first-order chi connectivity index (χ1) is 9.97. The number of urea groups is 1. The summed E-state index contributed by atoms with van der Waals surface area (Å²) in [5.74, 6) is -0.977. The van der Waals surface area contributed by atoms with Gasteiger partial charge in [-0.3, -0.25) is 9.59 Å². The van der Waals surface area contributed by atoms with Gasteiger partial charge in [-0.25, -0.2) is 4.79 Å². The normalized spacial score (nSPS) is 17.6. The number of carboxylic acid groups (broad SMARTS) is 1. The average molecular weight is 290 g/mol. The molecule has 1 aromatic rings. The summed E-state index contributed by atoms with van der Waals surface area (Å²) in [6.07, 6.45) is 1.47. The zero-order chi connectivity index (χ0) is 15.4. The maximum absolute atomic E-state index is 12.2. The highest BCUT2D eigenvalue weighted by atomic mass is 16.4. The minimum absolute atomic E-state index is 0.0408. The number of hydrogen-bond acceptors (Lipinski definition) is 3. The summed E-state index contributed by atoms with van der Waals surface area (Å²) >= 11 is 0. The second-order valence-corrected chi connectivity index (χ2v) is 5.15. The predicted octanol–water partition coefficient (Wildman–Crippen LogP) is 2.36. The van der Waals surface area contributed by atoms with E-state index in [1.807, 2.05) is 0 Å². The molecule has 0 bridgehead atoms. The largest absolute Gasteiger partial charge is 0.481 e. The van der Waals surface area contributed by atoms with Crippen molar-refractivity contribution in [1.29, 1.82) is 0 Å². The third-order valence-corrected chi connectivity index (χ3v) is 3.57. The molecule has 6 nitrogen and oxygen atoms in total. The Morgan fingerprint density at radius 2 is 2.14 bits per heavy atom. The van der Waals surface area contributed by atoms with Gasteiger partial charge in [0.1, 0.15) is 0 Å². The first-order valence-electron chi connectivity index (χ1n) is 6.88. The number of benzene rings is 1. The number of carboxylic acids is 1. The molecule has 1 unspecified atom stereocenters. The maximum Gasteiger partial charge on any atom is 0.322 e. The molecule has 1 aromatic carbocycles. The topological polar surface area (TPSA) is 86.7 Å². The van der Waals surface area contributed by atoms with Gasteiger partial charge in [0.25, 0.3) is 0 Å². The van der Waals surface area contributed by atoms with Crippen LogP contribution < -0.4 is 5.32 Å². The van der Waals surface area contributed by atoms with Crippen LogP contribution in [0.1, 0.15) is 36.5 Å². The van der Waals surface area contributed by atoms with Gasteiger partial charge in [0, 0.05) is 23.8 Å². The molecule has 2 N–H and O–H groups in total. The fourth-order valence-corrected chi connectivity index (χ4v) is 2.53. The highest BCUT2D eigenvalue weighted by Crippen LogP contribution is 2.21. The molecule has 0 aromatic heterocycles. The number of carbonyl (C=O) groups excluding carboxylic acids is 2. The quantitative estimate of drug-likeness (QED) is 0.833. The van der Waals surface area contributed by atoms with Crippen molar-refractivity contribution in [3.63, 3.8) is 0 Å². The highest BCUT2D eigenvalue weighted by molar-refractivity contribution is 5.96. The van der Waals surface area contributed by atoms with Crippen LogP contribution in [0.2, 0.25) is 0 Å². The molecule has 21 heavy (non-hydrogen) atoms. The van der Waals surface area contributed by atoms with Crippen LogP contribution >= 0.6 is 0 Å². The number of rotatable bonds is 4. The van der Waals surface area contributed by atoms with E-state index in [0.717, 1.165) is 6.42 Å². The number of nitrogens with one attached hydrogen (secondary N) is 1. The van der Waals surface area contributed by atoms with Crippen molar-refractivity contribution in [2.75, 3.05) is 11.9 Å². The Morgan fingerprint density at radius 3 is 2.81 bits per heavy atom. The van der Waals surface area contributed by atoms with Crippen LogP contribution in [0.4, 0.5) is 10.5 Å². The van der Waals surface area contributed by atoms with Gasteiger partial charge < -0.3 is 15.3 Å². The minimum Gasteiger partial charge on any atom is -0.481 e. The molecular weight excluding hydrogens is 272 g/mol. The average Bonchev–Trinajstić information content (AvgIpc) is 2.86. The lowest BCUT2D eigenvalue weighted by Gasteiger charge is -2.23. The fourth-order valence-electron chi connectivity index (χ4n) is 2.53. The minimum atomic E-state index is -0.904. The number of likely N-dealkylation sites (tertiary alicyclic amines) is 1. The first kappa shape index (κ1) is 15.0. The zero-order valence-corrected chi connectivity index (χ0v) is 11.8. The molecule has 0 radical (unpaired) electrons. The Kier molecular flexibility index (Phi) is 4.57. The van der Waals surface area contributed by atoms with E-state index in [9.17, 15) is 14.4 Å². The van der Waals surface area contributed by atoms with Crippen molar-refractivity contribution in [2.24, 2.45) is 0 Å². The Morgan fingerprint density at radius 1 is 1.38 bits per heavy atom. The Balaban J connectivity index is 2.05. The standard InChI is InChI=1S/C15H18N2O4/c1-10(18)11-4-2-5-12(8-11)16-15(21)17-7-3-6-13(17)9-14(19)20/h2,4-5,8,13H,3,6-7,9H2,1H3,(H,16,21)(H,19,20). The van der Waals surface area contributed by atoms with E-state index in [-0.39, 0.29) is 24.3 Å². The SMILES string of the molecule is CC(=O)c1cccc(NC(=O)N2CCCC2CC(=O)O)c1. The van der Waals surface area contributed by atoms with Crippen molar-refractivity contribution < 1.29 is 19.5 Å². The monoisotopic (exact) mass is 290 g/mol. The molecule has 2 amide bonds.